The number of hydrogen-bond donors (Lipinski definition) is 0. The fourth-order valence-electron chi connectivity index (χ4n) is 3.26. The second-order valence-corrected chi connectivity index (χ2v) is 6.46. The lowest BCUT2D eigenvalue weighted by Gasteiger charge is -2.38. The van der Waals surface area contributed by atoms with Crippen LogP contribution in [0.3, 0.4) is 0 Å². The van der Waals surface area contributed by atoms with Crippen molar-refractivity contribution in [1.82, 2.24) is 14.7 Å². The van der Waals surface area contributed by atoms with Crippen LogP contribution in [0.25, 0.3) is 0 Å². The van der Waals surface area contributed by atoms with Crippen LogP contribution in [0.5, 0.6) is 11.5 Å². The quantitative estimate of drug-likeness (QED) is 0.820. The zero-order chi connectivity index (χ0) is 17.2. The van der Waals surface area contributed by atoms with Crippen molar-refractivity contribution in [2.24, 2.45) is 7.05 Å². The van der Waals surface area contributed by atoms with Crippen LogP contribution in [-0.2, 0) is 7.05 Å². The van der Waals surface area contributed by atoms with E-state index in [2.05, 4.69) is 14.9 Å². The summed E-state index contributed by atoms with van der Waals surface area (Å²) in [5, 5.41) is 4.10. The van der Waals surface area contributed by atoms with Gasteiger partial charge in [0.1, 0.15) is 12.7 Å². The predicted molar refractivity (Wildman–Crippen MR) is 94.5 cm³/mol. The van der Waals surface area contributed by atoms with Crippen LogP contribution in [0.15, 0.2) is 41.3 Å². The van der Waals surface area contributed by atoms with Gasteiger partial charge < -0.3 is 14.4 Å². The Kier molecular flexibility index (Phi) is 4.31. The van der Waals surface area contributed by atoms with Crippen LogP contribution in [0.2, 0.25) is 0 Å². The third-order valence-electron chi connectivity index (χ3n) is 4.72. The summed E-state index contributed by atoms with van der Waals surface area (Å²) in [6.07, 6.45) is 1.80. The third-order valence-corrected chi connectivity index (χ3v) is 4.72. The molecular formula is C18H22N4O3. The number of aromatic nitrogens is 2. The average molecular weight is 342 g/mol. The van der Waals surface area contributed by atoms with Crippen molar-refractivity contribution >= 4 is 5.69 Å². The lowest BCUT2D eigenvalue weighted by atomic mass is 10.2. The minimum atomic E-state index is -0.0775. The molecule has 0 spiro atoms. The van der Waals surface area contributed by atoms with E-state index in [9.17, 15) is 4.79 Å². The minimum Gasteiger partial charge on any atom is -0.486 e. The van der Waals surface area contributed by atoms with Crippen LogP contribution in [0, 0.1) is 0 Å². The molecule has 132 valence electrons. The van der Waals surface area contributed by atoms with Crippen molar-refractivity contribution in [2.45, 2.75) is 6.10 Å². The van der Waals surface area contributed by atoms with Crippen molar-refractivity contribution in [3.05, 3.63) is 46.9 Å². The average Bonchev–Trinajstić information content (AvgIpc) is 2.65. The van der Waals surface area contributed by atoms with Gasteiger partial charge in [-0.1, -0.05) is 12.1 Å². The van der Waals surface area contributed by atoms with Crippen molar-refractivity contribution in [2.75, 3.05) is 44.2 Å². The van der Waals surface area contributed by atoms with E-state index in [1.165, 1.54) is 4.68 Å². The van der Waals surface area contributed by atoms with Crippen molar-refractivity contribution < 1.29 is 9.47 Å². The van der Waals surface area contributed by atoms with E-state index in [4.69, 9.17) is 9.47 Å². The molecule has 0 bridgehead atoms. The summed E-state index contributed by atoms with van der Waals surface area (Å²) >= 11 is 0. The molecule has 1 aromatic carbocycles. The summed E-state index contributed by atoms with van der Waals surface area (Å²) in [6, 6.07) is 9.44. The third kappa shape index (κ3) is 3.46. The number of fused-ring (bicyclic) bond motifs is 1. The van der Waals surface area contributed by atoms with Gasteiger partial charge in [-0.15, -0.1) is 0 Å². The van der Waals surface area contributed by atoms with Gasteiger partial charge in [0, 0.05) is 45.8 Å². The largest absolute Gasteiger partial charge is 0.486 e. The van der Waals surface area contributed by atoms with Gasteiger partial charge in [-0.05, 0) is 12.1 Å². The molecule has 0 saturated carbocycles. The Morgan fingerprint density at radius 2 is 1.92 bits per heavy atom. The molecule has 1 atom stereocenters. The second-order valence-electron chi connectivity index (χ2n) is 6.46. The maximum Gasteiger partial charge on any atom is 0.268 e. The van der Waals surface area contributed by atoms with Crippen LogP contribution >= 0.6 is 0 Å². The van der Waals surface area contributed by atoms with Crippen LogP contribution in [0.4, 0.5) is 5.69 Å². The number of piperazine rings is 1. The van der Waals surface area contributed by atoms with Crippen LogP contribution in [0.1, 0.15) is 0 Å². The maximum atomic E-state index is 11.7. The predicted octanol–water partition coefficient (Wildman–Crippen LogP) is 0.742. The summed E-state index contributed by atoms with van der Waals surface area (Å²) in [7, 11) is 1.66. The Balaban J connectivity index is 1.32. The van der Waals surface area contributed by atoms with E-state index in [0.717, 1.165) is 49.9 Å². The lowest BCUT2D eigenvalue weighted by Crippen LogP contribution is -2.51. The lowest BCUT2D eigenvalue weighted by molar-refractivity contribution is 0.0571. The fraction of sp³-hybridized carbons (Fsp3) is 0.444. The molecule has 0 amide bonds. The zero-order valence-corrected chi connectivity index (χ0v) is 14.3. The Hall–Kier alpha value is -2.54. The molecule has 1 unspecified atom stereocenters. The Morgan fingerprint density at radius 3 is 2.68 bits per heavy atom. The Bertz CT molecular complexity index is 799. The van der Waals surface area contributed by atoms with E-state index >= 15 is 0 Å². The summed E-state index contributed by atoms with van der Waals surface area (Å²) < 4.78 is 13.2. The second kappa shape index (κ2) is 6.76. The fourth-order valence-corrected chi connectivity index (χ4v) is 3.26. The summed E-state index contributed by atoms with van der Waals surface area (Å²) in [6.45, 7) is 5.03. The van der Waals surface area contributed by atoms with E-state index in [1.807, 2.05) is 24.3 Å². The molecule has 25 heavy (non-hydrogen) atoms. The molecule has 1 fully saturated rings. The number of para-hydroxylation sites is 2. The summed E-state index contributed by atoms with van der Waals surface area (Å²) in [5.41, 5.74) is 0.820. The molecule has 1 aromatic heterocycles. The SMILES string of the molecule is Cn1ncc(N2CCN(CC3COc4ccccc4O3)CC2)cc1=O. The summed E-state index contributed by atoms with van der Waals surface area (Å²) in [4.78, 5) is 16.3. The first-order valence-electron chi connectivity index (χ1n) is 8.58. The van der Waals surface area contributed by atoms with E-state index in [0.29, 0.717) is 6.61 Å². The molecule has 0 N–H and O–H groups in total. The molecule has 0 radical (unpaired) electrons. The topological polar surface area (TPSA) is 59.8 Å². The number of benzene rings is 1. The Labute approximate surface area is 146 Å². The first-order valence-corrected chi connectivity index (χ1v) is 8.58. The monoisotopic (exact) mass is 342 g/mol. The molecule has 2 aliphatic heterocycles. The highest BCUT2D eigenvalue weighted by atomic mass is 16.6. The molecule has 7 nitrogen and oxygen atoms in total. The van der Waals surface area contributed by atoms with Gasteiger partial charge in [-0.25, -0.2) is 4.68 Å². The number of anilines is 1. The number of ether oxygens (including phenoxy) is 2. The van der Waals surface area contributed by atoms with Gasteiger partial charge in [-0.2, -0.15) is 5.10 Å². The highest BCUT2D eigenvalue weighted by molar-refractivity contribution is 5.43. The first kappa shape index (κ1) is 16.0. The number of rotatable bonds is 3. The molecule has 3 heterocycles. The minimum absolute atomic E-state index is 0.0483. The highest BCUT2D eigenvalue weighted by Crippen LogP contribution is 2.31. The number of nitrogens with zero attached hydrogens (tertiary/aromatic N) is 4. The van der Waals surface area contributed by atoms with E-state index in [-0.39, 0.29) is 11.7 Å². The van der Waals surface area contributed by atoms with Gasteiger partial charge in [0.15, 0.2) is 11.5 Å². The van der Waals surface area contributed by atoms with Gasteiger partial charge >= 0.3 is 0 Å². The van der Waals surface area contributed by atoms with E-state index < -0.39 is 0 Å². The van der Waals surface area contributed by atoms with Gasteiger partial charge in [0.25, 0.3) is 5.56 Å². The highest BCUT2D eigenvalue weighted by Gasteiger charge is 2.25. The van der Waals surface area contributed by atoms with Crippen LogP contribution < -0.4 is 19.9 Å². The molecular weight excluding hydrogens is 320 g/mol. The van der Waals surface area contributed by atoms with Crippen LogP contribution in [-0.4, -0.2) is 60.1 Å². The van der Waals surface area contributed by atoms with Crippen molar-refractivity contribution in [3.63, 3.8) is 0 Å². The molecule has 0 aliphatic carbocycles. The zero-order valence-electron chi connectivity index (χ0n) is 14.3. The number of aryl methyl sites for hydroxylation is 1. The summed E-state index contributed by atoms with van der Waals surface area (Å²) in [5.74, 6) is 1.64. The molecule has 4 rings (SSSR count). The molecule has 2 aliphatic rings. The number of hydrogen-bond acceptors (Lipinski definition) is 6. The smallest absolute Gasteiger partial charge is 0.268 e. The van der Waals surface area contributed by atoms with Gasteiger partial charge in [0.2, 0.25) is 0 Å². The molecule has 2 aromatic rings. The molecule has 1 saturated heterocycles. The van der Waals surface area contributed by atoms with Gasteiger partial charge in [-0.3, -0.25) is 9.69 Å². The standard InChI is InChI=1S/C18H22N4O3/c1-20-18(23)10-14(11-19-20)22-8-6-21(7-9-22)12-15-13-24-16-4-2-3-5-17(16)25-15/h2-5,10-11,15H,6-9,12-13H2,1H3. The van der Waals surface area contributed by atoms with Crippen molar-refractivity contribution in [3.8, 4) is 11.5 Å². The van der Waals surface area contributed by atoms with Crippen molar-refractivity contribution in [1.29, 1.82) is 0 Å². The first-order chi connectivity index (χ1) is 12.2. The molecule has 7 heteroatoms. The maximum absolute atomic E-state index is 11.7. The van der Waals surface area contributed by atoms with E-state index in [1.54, 1.807) is 19.3 Å². The van der Waals surface area contributed by atoms with Gasteiger partial charge in [0.05, 0.1) is 11.9 Å². The Morgan fingerprint density at radius 1 is 1.16 bits per heavy atom. The normalized spacial score (nSPS) is 20.5.